The summed E-state index contributed by atoms with van der Waals surface area (Å²) in [5.74, 6) is 1.81. The Bertz CT molecular complexity index is 403. The fourth-order valence-electron chi connectivity index (χ4n) is 3.00. The molecule has 0 bridgehead atoms. The van der Waals surface area contributed by atoms with E-state index in [1.165, 1.54) is 19.3 Å². The topological polar surface area (TPSA) is 47.0 Å². The van der Waals surface area contributed by atoms with E-state index in [0.717, 1.165) is 49.6 Å². The summed E-state index contributed by atoms with van der Waals surface area (Å²) >= 11 is 0. The minimum atomic E-state index is -0.272. The molecule has 1 heterocycles. The van der Waals surface area contributed by atoms with E-state index >= 15 is 0 Å². The SMILES string of the molecule is CCCc1cc(NCC)nc(C2(OC)CCCCC2)n1. The fraction of sp³-hybridized carbons (Fsp3) is 0.750. The molecule has 1 N–H and O–H groups in total. The molecule has 1 aromatic heterocycles. The summed E-state index contributed by atoms with van der Waals surface area (Å²) in [5.41, 5.74) is 0.849. The van der Waals surface area contributed by atoms with Crippen LogP contribution in [-0.2, 0) is 16.8 Å². The molecule has 0 saturated heterocycles. The molecule has 0 unspecified atom stereocenters. The van der Waals surface area contributed by atoms with E-state index in [1.54, 1.807) is 7.11 Å². The Labute approximate surface area is 122 Å². The van der Waals surface area contributed by atoms with Crippen molar-refractivity contribution in [2.45, 2.75) is 64.4 Å². The number of methoxy groups -OCH3 is 1. The number of aromatic nitrogens is 2. The van der Waals surface area contributed by atoms with E-state index in [4.69, 9.17) is 14.7 Å². The van der Waals surface area contributed by atoms with Crippen LogP contribution in [-0.4, -0.2) is 23.6 Å². The summed E-state index contributed by atoms with van der Waals surface area (Å²) in [6, 6.07) is 2.07. The molecular weight excluding hydrogens is 250 g/mol. The first-order chi connectivity index (χ1) is 9.74. The summed E-state index contributed by atoms with van der Waals surface area (Å²) in [6.07, 6.45) is 7.85. The van der Waals surface area contributed by atoms with Crippen molar-refractivity contribution in [2.24, 2.45) is 0 Å². The van der Waals surface area contributed by atoms with Crippen LogP contribution >= 0.6 is 0 Å². The summed E-state index contributed by atoms with van der Waals surface area (Å²) in [6.45, 7) is 5.15. The standard InChI is InChI=1S/C16H27N3O/c1-4-9-13-12-14(17-5-2)19-15(18-13)16(20-3)10-7-6-8-11-16/h12H,4-11H2,1-3H3,(H,17,18,19). The van der Waals surface area contributed by atoms with Gasteiger partial charge in [-0.1, -0.05) is 32.6 Å². The van der Waals surface area contributed by atoms with Gasteiger partial charge in [-0.2, -0.15) is 0 Å². The number of hydrogen-bond acceptors (Lipinski definition) is 4. The lowest BCUT2D eigenvalue weighted by Gasteiger charge is -2.34. The minimum Gasteiger partial charge on any atom is -0.370 e. The second-order valence-corrected chi connectivity index (χ2v) is 5.61. The van der Waals surface area contributed by atoms with Crippen molar-refractivity contribution >= 4 is 5.82 Å². The average molecular weight is 277 g/mol. The maximum Gasteiger partial charge on any atom is 0.162 e. The number of ether oxygens (including phenoxy) is 1. The first-order valence-electron chi connectivity index (χ1n) is 7.91. The van der Waals surface area contributed by atoms with Gasteiger partial charge in [-0.3, -0.25) is 0 Å². The van der Waals surface area contributed by atoms with Crippen LogP contribution in [0.15, 0.2) is 6.07 Å². The molecule has 1 fully saturated rings. The van der Waals surface area contributed by atoms with E-state index in [-0.39, 0.29) is 5.60 Å². The summed E-state index contributed by atoms with van der Waals surface area (Å²) in [4.78, 5) is 9.52. The van der Waals surface area contributed by atoms with Gasteiger partial charge in [-0.15, -0.1) is 0 Å². The Morgan fingerprint density at radius 2 is 1.95 bits per heavy atom. The van der Waals surface area contributed by atoms with Gasteiger partial charge in [0.1, 0.15) is 11.4 Å². The lowest BCUT2D eigenvalue weighted by molar-refractivity contribution is -0.0515. The van der Waals surface area contributed by atoms with Crippen molar-refractivity contribution < 1.29 is 4.74 Å². The molecule has 2 rings (SSSR count). The molecule has 112 valence electrons. The van der Waals surface area contributed by atoms with Crippen molar-refractivity contribution in [3.63, 3.8) is 0 Å². The van der Waals surface area contributed by atoms with Crippen molar-refractivity contribution in [3.05, 3.63) is 17.6 Å². The minimum absolute atomic E-state index is 0.272. The van der Waals surface area contributed by atoms with Crippen LogP contribution in [0.3, 0.4) is 0 Å². The van der Waals surface area contributed by atoms with Crippen molar-refractivity contribution in [2.75, 3.05) is 19.0 Å². The maximum absolute atomic E-state index is 5.88. The van der Waals surface area contributed by atoms with Gasteiger partial charge in [0.2, 0.25) is 0 Å². The zero-order valence-electron chi connectivity index (χ0n) is 13.0. The van der Waals surface area contributed by atoms with Crippen molar-refractivity contribution in [1.82, 2.24) is 9.97 Å². The average Bonchev–Trinajstić information content (AvgIpc) is 2.48. The largest absolute Gasteiger partial charge is 0.370 e. The van der Waals surface area contributed by atoms with Crippen LogP contribution in [0.2, 0.25) is 0 Å². The van der Waals surface area contributed by atoms with E-state index < -0.39 is 0 Å². The van der Waals surface area contributed by atoms with Gasteiger partial charge in [-0.05, 0) is 26.2 Å². The Morgan fingerprint density at radius 1 is 1.20 bits per heavy atom. The number of aryl methyl sites for hydroxylation is 1. The Balaban J connectivity index is 2.36. The number of nitrogens with zero attached hydrogens (tertiary/aromatic N) is 2. The smallest absolute Gasteiger partial charge is 0.162 e. The number of hydrogen-bond donors (Lipinski definition) is 1. The third-order valence-corrected chi connectivity index (χ3v) is 4.10. The molecule has 1 aromatic rings. The Morgan fingerprint density at radius 3 is 2.55 bits per heavy atom. The second-order valence-electron chi connectivity index (χ2n) is 5.61. The van der Waals surface area contributed by atoms with Gasteiger partial charge >= 0.3 is 0 Å². The molecule has 0 radical (unpaired) electrons. The first kappa shape index (κ1) is 15.2. The van der Waals surface area contributed by atoms with Gasteiger partial charge in [0.25, 0.3) is 0 Å². The molecule has 1 aliphatic carbocycles. The van der Waals surface area contributed by atoms with Crippen LogP contribution in [0.4, 0.5) is 5.82 Å². The molecule has 1 aliphatic rings. The van der Waals surface area contributed by atoms with Gasteiger partial charge < -0.3 is 10.1 Å². The summed E-state index contributed by atoms with van der Waals surface area (Å²) < 4.78 is 5.88. The maximum atomic E-state index is 5.88. The highest BCUT2D eigenvalue weighted by atomic mass is 16.5. The van der Waals surface area contributed by atoms with E-state index in [1.807, 2.05) is 0 Å². The summed E-state index contributed by atoms with van der Waals surface area (Å²) in [7, 11) is 1.80. The number of anilines is 1. The quantitative estimate of drug-likeness (QED) is 0.862. The van der Waals surface area contributed by atoms with Crippen LogP contribution in [0.25, 0.3) is 0 Å². The highest BCUT2D eigenvalue weighted by Crippen LogP contribution is 2.38. The van der Waals surface area contributed by atoms with E-state index in [0.29, 0.717) is 0 Å². The molecule has 4 heteroatoms. The molecule has 4 nitrogen and oxygen atoms in total. The van der Waals surface area contributed by atoms with E-state index in [2.05, 4.69) is 25.2 Å². The van der Waals surface area contributed by atoms with Gasteiger partial charge in [0.15, 0.2) is 5.82 Å². The number of nitrogens with one attached hydrogen (secondary N) is 1. The van der Waals surface area contributed by atoms with Gasteiger partial charge in [0, 0.05) is 25.4 Å². The molecule has 0 atom stereocenters. The molecule has 0 aromatic carbocycles. The molecule has 1 saturated carbocycles. The Kier molecular flexibility index (Phi) is 5.35. The van der Waals surface area contributed by atoms with Crippen LogP contribution in [0.5, 0.6) is 0 Å². The van der Waals surface area contributed by atoms with Gasteiger partial charge in [-0.25, -0.2) is 9.97 Å². The molecular formula is C16H27N3O. The molecule has 0 amide bonds. The zero-order chi connectivity index (χ0) is 14.4. The van der Waals surface area contributed by atoms with Crippen LogP contribution in [0.1, 0.15) is 63.9 Å². The lowest BCUT2D eigenvalue weighted by Crippen LogP contribution is -2.33. The third kappa shape index (κ3) is 3.29. The predicted octanol–water partition coefficient (Wildman–Crippen LogP) is 3.67. The fourth-order valence-corrected chi connectivity index (χ4v) is 3.00. The monoisotopic (exact) mass is 277 g/mol. The van der Waals surface area contributed by atoms with Gasteiger partial charge in [0.05, 0.1) is 0 Å². The normalized spacial score (nSPS) is 17.9. The van der Waals surface area contributed by atoms with Crippen LogP contribution < -0.4 is 5.32 Å². The van der Waals surface area contributed by atoms with E-state index in [9.17, 15) is 0 Å². The van der Waals surface area contributed by atoms with Crippen LogP contribution in [0, 0.1) is 0 Å². The number of rotatable bonds is 6. The molecule has 0 spiro atoms. The molecule has 0 aliphatic heterocycles. The first-order valence-corrected chi connectivity index (χ1v) is 7.91. The second kappa shape index (κ2) is 7.02. The summed E-state index contributed by atoms with van der Waals surface area (Å²) in [5, 5.41) is 3.32. The highest BCUT2D eigenvalue weighted by Gasteiger charge is 2.37. The highest BCUT2D eigenvalue weighted by molar-refractivity contribution is 5.37. The zero-order valence-corrected chi connectivity index (χ0v) is 13.0. The van der Waals surface area contributed by atoms with Crippen molar-refractivity contribution in [1.29, 1.82) is 0 Å². The predicted molar refractivity (Wildman–Crippen MR) is 82.0 cm³/mol. The molecule has 20 heavy (non-hydrogen) atoms. The van der Waals surface area contributed by atoms with Crippen molar-refractivity contribution in [3.8, 4) is 0 Å². The Hall–Kier alpha value is -1.16. The third-order valence-electron chi connectivity index (χ3n) is 4.10. The lowest BCUT2D eigenvalue weighted by atomic mass is 9.84.